The van der Waals surface area contributed by atoms with Crippen LogP contribution in [0.3, 0.4) is 0 Å². The lowest BCUT2D eigenvalue weighted by Gasteiger charge is -2.35. The third-order valence-corrected chi connectivity index (χ3v) is 14.2. The van der Waals surface area contributed by atoms with Gasteiger partial charge in [0.1, 0.15) is 42.6 Å². The zero-order valence-corrected chi connectivity index (χ0v) is 47.8. The summed E-state index contributed by atoms with van der Waals surface area (Å²) < 4.78 is 22.1. The Hall–Kier alpha value is -6.61. The van der Waals surface area contributed by atoms with Crippen molar-refractivity contribution in [2.75, 3.05) is 27.7 Å². The van der Waals surface area contributed by atoms with Crippen LogP contribution in [0, 0.1) is 29.6 Å². The Labute approximate surface area is 459 Å². The molecule has 1 fully saturated rings. The average molecular weight is 1100 g/mol. The smallest absolute Gasteiger partial charge is 0.410 e. The van der Waals surface area contributed by atoms with Gasteiger partial charge in [-0.1, -0.05) is 104 Å². The van der Waals surface area contributed by atoms with Gasteiger partial charge in [-0.2, -0.15) is 0 Å². The molecule has 1 saturated heterocycles. The Morgan fingerprint density at radius 3 is 1.95 bits per heavy atom. The summed E-state index contributed by atoms with van der Waals surface area (Å²) in [7, 11) is 4.21. The lowest BCUT2D eigenvalue weighted by Crippen LogP contribution is -2.58. The van der Waals surface area contributed by atoms with Crippen LogP contribution in [0.1, 0.15) is 119 Å². The number of carboxylic acid groups (broad SMARTS) is 1. The fourth-order valence-electron chi connectivity index (χ4n) is 9.07. The monoisotopic (exact) mass is 1090 g/mol. The summed E-state index contributed by atoms with van der Waals surface area (Å²) in [6.07, 6.45) is -4.02. The van der Waals surface area contributed by atoms with Crippen LogP contribution in [0.15, 0.2) is 54.6 Å². The van der Waals surface area contributed by atoms with E-state index < -0.39 is 126 Å². The first-order valence-electron chi connectivity index (χ1n) is 27.0. The molecule has 11 atom stereocenters. The van der Waals surface area contributed by atoms with Crippen molar-refractivity contribution >= 4 is 53.4 Å². The van der Waals surface area contributed by atoms with Crippen molar-refractivity contribution in [2.45, 2.75) is 175 Å². The van der Waals surface area contributed by atoms with Gasteiger partial charge in [0, 0.05) is 33.1 Å². The summed E-state index contributed by atoms with van der Waals surface area (Å²) in [5.74, 6) is -8.86. The number of rotatable bonds is 30. The van der Waals surface area contributed by atoms with Crippen molar-refractivity contribution in [1.82, 2.24) is 25.3 Å². The summed E-state index contributed by atoms with van der Waals surface area (Å²) in [5.41, 5.74) is 7.39. The summed E-state index contributed by atoms with van der Waals surface area (Å²) in [5, 5.41) is 26.2. The van der Waals surface area contributed by atoms with Crippen LogP contribution < -0.4 is 21.1 Å². The van der Waals surface area contributed by atoms with Gasteiger partial charge in [0.05, 0.1) is 25.6 Å². The maximum Gasteiger partial charge on any atom is 0.410 e. The van der Waals surface area contributed by atoms with Crippen LogP contribution in [0.4, 0.5) is 4.79 Å². The van der Waals surface area contributed by atoms with Gasteiger partial charge in [0.15, 0.2) is 17.9 Å². The van der Waals surface area contributed by atoms with Crippen molar-refractivity contribution in [1.29, 1.82) is 0 Å². The first-order valence-corrected chi connectivity index (χ1v) is 27.0. The highest BCUT2D eigenvalue weighted by molar-refractivity contribution is 6.05. The number of amides is 5. The van der Waals surface area contributed by atoms with Crippen LogP contribution in [0.2, 0.25) is 0 Å². The van der Waals surface area contributed by atoms with Gasteiger partial charge in [0.2, 0.25) is 23.6 Å². The summed E-state index contributed by atoms with van der Waals surface area (Å²) in [4.78, 5) is 128. The number of hydrogen-bond donors (Lipinski definition) is 5. The molecule has 3 rings (SSSR count). The zero-order valence-electron chi connectivity index (χ0n) is 47.8. The molecule has 78 heavy (non-hydrogen) atoms. The number of nitrogens with zero attached hydrogens (tertiary/aromatic N) is 3. The van der Waals surface area contributed by atoms with Crippen LogP contribution in [0.5, 0.6) is 5.75 Å². The minimum absolute atomic E-state index is 0.0698. The summed E-state index contributed by atoms with van der Waals surface area (Å²) in [6.45, 7) is 17.0. The number of methoxy groups -OCH3 is 1. The number of aliphatic carboxylic acids is 1. The minimum atomic E-state index is -1.81. The summed E-state index contributed by atoms with van der Waals surface area (Å²) >= 11 is 0. The average Bonchev–Trinajstić information content (AvgIpc) is 3.90. The number of nitrogens with two attached hydrogens (primary N) is 1. The van der Waals surface area contributed by atoms with Crippen molar-refractivity contribution in [2.24, 2.45) is 35.3 Å². The van der Waals surface area contributed by atoms with E-state index in [1.54, 1.807) is 62.4 Å². The highest BCUT2D eigenvalue weighted by Gasteiger charge is 2.44. The molecule has 0 spiro atoms. The summed E-state index contributed by atoms with van der Waals surface area (Å²) in [6, 6.07) is 8.15. The van der Waals surface area contributed by atoms with Gasteiger partial charge >= 0.3 is 24.0 Å². The number of benzene rings is 2. The molecule has 21 heteroatoms. The van der Waals surface area contributed by atoms with Crippen molar-refractivity contribution in [3.05, 3.63) is 65.7 Å². The van der Waals surface area contributed by atoms with E-state index in [0.717, 1.165) is 9.80 Å². The topological polar surface area (TPSA) is 291 Å². The van der Waals surface area contributed by atoms with E-state index in [1.807, 2.05) is 47.6 Å². The van der Waals surface area contributed by atoms with Crippen LogP contribution in [0.25, 0.3) is 0 Å². The van der Waals surface area contributed by atoms with E-state index in [0.29, 0.717) is 29.7 Å². The van der Waals surface area contributed by atoms with Crippen LogP contribution in [-0.4, -0.2) is 161 Å². The van der Waals surface area contributed by atoms with E-state index in [2.05, 4.69) is 10.6 Å². The highest BCUT2D eigenvalue weighted by atomic mass is 16.6. The standard InChI is InChI=1S/C57H86N6O15/c1-14-35(8)47(58)45(64)30-46(65)78-50(34(6)7)49(66)36(9)51(67)59-41(27-32(2)3)53(69)63-26-18-21-42(63)54(70)61(11)44(29-38-22-24-40(75-13)25-23-38)56(73)77-37(10)48(55(71)72)60-52(68)43(28-33(4)5)62(12)57(74)76-31-39-19-16-15-17-20-39/h15-17,19-20,22-25,32-37,41-45,47-48,50,64H,14,18,21,26-31,58H2,1-13H3,(H,59,67)(H,60,68)(H,71,72)/t35-,36-,37+,41-,42-,43+,44-,45+,47+,48-,50+/m0/s1. The SMILES string of the molecule is CC[C@H](C)[C@@H](N)[C@H](O)CC(=O)O[C@@H](C(=O)[C@H](C)C(=O)N[C@@H](CC(C)C)C(=O)N1CCC[C@H]1C(=O)N(C)[C@@H](Cc1ccc(OC)cc1)C(=O)O[C@H](C)[C@H](NC(=O)[C@@H](CC(C)C)N(C)C(=O)OCc1ccccc1)C(=O)O)C(C)C. The molecule has 0 bridgehead atoms. The van der Waals surface area contributed by atoms with Crippen LogP contribution >= 0.6 is 0 Å². The van der Waals surface area contributed by atoms with Crippen molar-refractivity contribution < 1.29 is 72.3 Å². The molecule has 2 aromatic rings. The molecule has 0 aromatic heterocycles. The molecule has 0 saturated carbocycles. The molecule has 0 unspecified atom stereocenters. The maximum absolute atomic E-state index is 14.7. The number of likely N-dealkylation sites (N-methyl/N-ethyl adjacent to an activating group) is 2. The van der Waals surface area contributed by atoms with Crippen molar-refractivity contribution in [3.8, 4) is 5.75 Å². The lowest BCUT2D eigenvalue weighted by molar-refractivity contribution is -0.164. The van der Waals surface area contributed by atoms with Gasteiger partial charge in [-0.15, -0.1) is 0 Å². The number of ketones is 1. The quantitative estimate of drug-likeness (QED) is 0.0404. The van der Waals surface area contributed by atoms with E-state index in [-0.39, 0.29) is 56.6 Å². The van der Waals surface area contributed by atoms with Gasteiger partial charge in [-0.25, -0.2) is 14.4 Å². The largest absolute Gasteiger partial charge is 0.497 e. The first-order chi connectivity index (χ1) is 36.6. The number of Topliss-reactive ketones (excluding diaryl/α,β-unsaturated/α-hetero) is 1. The van der Waals surface area contributed by atoms with Crippen LogP contribution in [-0.2, 0) is 65.6 Å². The lowest BCUT2D eigenvalue weighted by atomic mass is 9.92. The molecule has 2 aromatic carbocycles. The molecule has 1 aliphatic heterocycles. The molecule has 0 aliphatic carbocycles. The number of nitrogens with one attached hydrogen (secondary N) is 2. The molecule has 5 amide bonds. The fourth-order valence-corrected chi connectivity index (χ4v) is 9.07. The molecule has 1 aliphatic rings. The number of hydrogen-bond acceptors (Lipinski definition) is 15. The zero-order chi connectivity index (χ0) is 58.7. The Bertz CT molecular complexity index is 2330. The van der Waals surface area contributed by atoms with Gasteiger partial charge in [-0.05, 0) is 86.5 Å². The number of esters is 2. The normalized spacial score (nSPS) is 17.3. The Morgan fingerprint density at radius 2 is 1.40 bits per heavy atom. The highest BCUT2D eigenvalue weighted by Crippen LogP contribution is 2.26. The third kappa shape index (κ3) is 19.1. The number of ether oxygens (including phenoxy) is 4. The van der Waals surface area contributed by atoms with Gasteiger partial charge in [0.25, 0.3) is 0 Å². The second kappa shape index (κ2) is 31.1. The van der Waals surface area contributed by atoms with E-state index in [1.165, 1.54) is 40.0 Å². The van der Waals surface area contributed by atoms with Crippen molar-refractivity contribution in [3.63, 3.8) is 0 Å². The Morgan fingerprint density at radius 1 is 0.782 bits per heavy atom. The van der Waals surface area contributed by atoms with E-state index in [9.17, 15) is 53.4 Å². The number of carboxylic acids is 1. The maximum atomic E-state index is 14.7. The third-order valence-electron chi connectivity index (χ3n) is 14.2. The minimum Gasteiger partial charge on any atom is -0.497 e. The number of likely N-dealkylation sites (tertiary alicyclic amines) is 1. The molecule has 0 radical (unpaired) electrons. The number of carbonyl (C=O) groups is 9. The predicted molar refractivity (Wildman–Crippen MR) is 289 cm³/mol. The Balaban J connectivity index is 1.87. The van der Waals surface area contributed by atoms with Gasteiger partial charge in [-0.3, -0.25) is 33.7 Å². The first kappa shape index (κ1) is 65.7. The Kier molecular flexibility index (Phi) is 26.2. The van der Waals surface area contributed by atoms with E-state index >= 15 is 0 Å². The van der Waals surface area contributed by atoms with E-state index in [4.69, 9.17) is 24.7 Å². The molecule has 434 valence electrons. The molecular weight excluding hydrogens is 1010 g/mol. The molecule has 1 heterocycles. The number of carbonyl (C=O) groups excluding carboxylic acids is 8. The molecule has 6 N–H and O–H groups in total. The predicted octanol–water partition coefficient (Wildman–Crippen LogP) is 4.67. The second-order valence-corrected chi connectivity index (χ2v) is 21.7. The molecular formula is C57H86N6O15. The number of aliphatic hydroxyl groups is 1. The fraction of sp³-hybridized carbons (Fsp3) is 0.632. The second-order valence-electron chi connectivity index (χ2n) is 21.7. The molecule has 21 nitrogen and oxygen atoms in total. The number of aliphatic hydroxyl groups excluding tert-OH is 1. The van der Waals surface area contributed by atoms with Gasteiger partial charge < -0.3 is 55.3 Å².